The number of aryl methyl sites for hydroxylation is 1. The lowest BCUT2D eigenvalue weighted by atomic mass is 10.1. The maximum atomic E-state index is 12.0. The van der Waals surface area contributed by atoms with Crippen molar-refractivity contribution in [3.63, 3.8) is 0 Å². The predicted molar refractivity (Wildman–Crippen MR) is 91.2 cm³/mol. The van der Waals surface area contributed by atoms with E-state index in [-0.39, 0.29) is 5.91 Å². The van der Waals surface area contributed by atoms with Gasteiger partial charge < -0.3 is 10.1 Å². The van der Waals surface area contributed by atoms with Gasteiger partial charge in [-0.1, -0.05) is 13.3 Å². The summed E-state index contributed by atoms with van der Waals surface area (Å²) in [6, 6.07) is 7.52. The number of benzene rings is 1. The number of amides is 1. The molecule has 1 heterocycles. The van der Waals surface area contributed by atoms with Crippen LogP contribution in [0, 0.1) is 13.8 Å². The molecule has 124 valence electrons. The molecule has 2 rings (SSSR count). The van der Waals surface area contributed by atoms with Gasteiger partial charge >= 0.3 is 0 Å². The number of carbonyl (C=O) groups is 1. The van der Waals surface area contributed by atoms with Crippen LogP contribution < -0.4 is 5.32 Å². The molecule has 0 radical (unpaired) electrons. The zero-order chi connectivity index (χ0) is 16.8. The Kier molecular flexibility index (Phi) is 5.93. The third kappa shape index (κ3) is 3.99. The highest BCUT2D eigenvalue weighted by Crippen LogP contribution is 2.19. The molecule has 1 aromatic carbocycles. The highest BCUT2D eigenvalue weighted by molar-refractivity contribution is 5.94. The molecular weight excluding hydrogens is 290 g/mol. The second kappa shape index (κ2) is 7.92. The lowest BCUT2D eigenvalue weighted by Crippen LogP contribution is -2.26. The molecule has 5 nitrogen and oxygen atoms in total. The molecule has 0 saturated heterocycles. The maximum absolute atomic E-state index is 12.0. The summed E-state index contributed by atoms with van der Waals surface area (Å²) in [6.45, 7) is 7.33. The molecule has 0 bridgehead atoms. The van der Waals surface area contributed by atoms with E-state index in [2.05, 4.69) is 24.3 Å². The number of hydrogen-bond donors (Lipinski definition) is 1. The molecule has 0 aliphatic carbocycles. The fourth-order valence-electron chi connectivity index (χ4n) is 2.66. The molecule has 1 amide bonds. The number of carbonyl (C=O) groups excluding carboxylic acids is 1. The van der Waals surface area contributed by atoms with E-state index in [1.807, 2.05) is 35.9 Å². The Morgan fingerprint density at radius 2 is 1.96 bits per heavy atom. The smallest absolute Gasteiger partial charge is 0.251 e. The lowest BCUT2D eigenvalue weighted by molar-refractivity contribution is 0.0937. The van der Waals surface area contributed by atoms with Crippen LogP contribution >= 0.6 is 0 Å². The van der Waals surface area contributed by atoms with Crippen molar-refractivity contribution in [2.24, 2.45) is 0 Å². The molecule has 23 heavy (non-hydrogen) atoms. The number of nitrogens with zero attached hydrogens (tertiary/aromatic N) is 2. The summed E-state index contributed by atoms with van der Waals surface area (Å²) >= 11 is 0. The summed E-state index contributed by atoms with van der Waals surface area (Å²) in [5.41, 5.74) is 5.17. The summed E-state index contributed by atoms with van der Waals surface area (Å²) in [5, 5.41) is 7.45. The average Bonchev–Trinajstić information content (AvgIpc) is 2.84. The second-order valence-electron chi connectivity index (χ2n) is 5.61. The van der Waals surface area contributed by atoms with Crippen LogP contribution in [0.2, 0.25) is 0 Å². The Labute approximate surface area is 137 Å². The van der Waals surface area contributed by atoms with Gasteiger partial charge in [-0.3, -0.25) is 4.79 Å². The van der Waals surface area contributed by atoms with Crippen LogP contribution in [-0.4, -0.2) is 35.9 Å². The molecule has 0 saturated carbocycles. The molecule has 2 aromatic rings. The molecule has 0 fully saturated rings. The van der Waals surface area contributed by atoms with Crippen molar-refractivity contribution in [3.05, 3.63) is 46.8 Å². The number of methoxy groups -OCH3 is 1. The van der Waals surface area contributed by atoms with E-state index < -0.39 is 0 Å². The van der Waals surface area contributed by atoms with Crippen molar-refractivity contribution >= 4 is 5.91 Å². The van der Waals surface area contributed by atoms with Crippen LogP contribution in [0.15, 0.2) is 24.3 Å². The van der Waals surface area contributed by atoms with Gasteiger partial charge in [0.2, 0.25) is 0 Å². The van der Waals surface area contributed by atoms with Gasteiger partial charge in [-0.15, -0.1) is 0 Å². The van der Waals surface area contributed by atoms with Crippen molar-refractivity contribution in [1.82, 2.24) is 15.1 Å². The fourth-order valence-corrected chi connectivity index (χ4v) is 2.66. The number of nitrogens with one attached hydrogen (secondary N) is 1. The summed E-state index contributed by atoms with van der Waals surface area (Å²) in [5.74, 6) is -0.0892. The summed E-state index contributed by atoms with van der Waals surface area (Å²) in [6.07, 6.45) is 2.14. The molecule has 0 aliphatic heterocycles. The maximum Gasteiger partial charge on any atom is 0.251 e. The Balaban J connectivity index is 2.17. The van der Waals surface area contributed by atoms with E-state index in [1.165, 1.54) is 11.3 Å². The summed E-state index contributed by atoms with van der Waals surface area (Å²) in [4.78, 5) is 12.0. The Hall–Kier alpha value is -2.14. The van der Waals surface area contributed by atoms with Crippen molar-refractivity contribution < 1.29 is 9.53 Å². The number of hydrogen-bond acceptors (Lipinski definition) is 3. The van der Waals surface area contributed by atoms with Gasteiger partial charge in [0.25, 0.3) is 5.91 Å². The van der Waals surface area contributed by atoms with E-state index in [0.717, 1.165) is 24.2 Å². The first-order valence-electron chi connectivity index (χ1n) is 8.01. The third-order valence-electron chi connectivity index (χ3n) is 3.91. The number of ether oxygens (including phenoxy) is 1. The highest BCUT2D eigenvalue weighted by atomic mass is 16.5. The van der Waals surface area contributed by atoms with E-state index in [9.17, 15) is 4.79 Å². The van der Waals surface area contributed by atoms with Crippen LogP contribution in [0.5, 0.6) is 0 Å². The minimum absolute atomic E-state index is 0.0892. The Morgan fingerprint density at radius 1 is 1.26 bits per heavy atom. The normalized spacial score (nSPS) is 10.8. The van der Waals surface area contributed by atoms with Crippen LogP contribution in [0.25, 0.3) is 5.69 Å². The third-order valence-corrected chi connectivity index (χ3v) is 3.91. The topological polar surface area (TPSA) is 56.2 Å². The van der Waals surface area contributed by atoms with Gasteiger partial charge in [0.05, 0.1) is 18.0 Å². The quantitative estimate of drug-likeness (QED) is 0.799. The van der Waals surface area contributed by atoms with Gasteiger partial charge in [0, 0.05) is 24.9 Å². The highest BCUT2D eigenvalue weighted by Gasteiger charge is 2.12. The predicted octanol–water partition coefficient (Wildman–Crippen LogP) is 2.82. The van der Waals surface area contributed by atoms with E-state index in [4.69, 9.17) is 4.74 Å². The van der Waals surface area contributed by atoms with Crippen molar-refractivity contribution in [1.29, 1.82) is 0 Å². The first-order chi connectivity index (χ1) is 11.1. The molecule has 1 N–H and O–H groups in total. The van der Waals surface area contributed by atoms with Gasteiger partial charge in [0.1, 0.15) is 0 Å². The van der Waals surface area contributed by atoms with Gasteiger partial charge in [-0.2, -0.15) is 5.10 Å². The molecule has 0 spiro atoms. The van der Waals surface area contributed by atoms with E-state index >= 15 is 0 Å². The SMILES string of the molecule is CCCc1c(C)nn(-c2ccc(C(=O)NCCOC)cc2)c1C. The van der Waals surface area contributed by atoms with Crippen molar-refractivity contribution in [3.8, 4) is 5.69 Å². The number of aromatic nitrogens is 2. The minimum atomic E-state index is -0.0892. The Bertz CT molecular complexity index is 660. The molecule has 0 unspecified atom stereocenters. The monoisotopic (exact) mass is 315 g/mol. The first kappa shape index (κ1) is 17.2. The molecule has 1 aromatic heterocycles. The first-order valence-corrected chi connectivity index (χ1v) is 8.01. The largest absolute Gasteiger partial charge is 0.383 e. The van der Waals surface area contributed by atoms with Crippen LogP contribution in [0.1, 0.15) is 40.7 Å². The lowest BCUT2D eigenvalue weighted by Gasteiger charge is -2.08. The van der Waals surface area contributed by atoms with Crippen LogP contribution in [0.4, 0.5) is 0 Å². The van der Waals surface area contributed by atoms with Gasteiger partial charge in [0.15, 0.2) is 0 Å². The minimum Gasteiger partial charge on any atom is -0.383 e. The number of rotatable bonds is 7. The van der Waals surface area contributed by atoms with Gasteiger partial charge in [-0.05, 0) is 50.1 Å². The fraction of sp³-hybridized carbons (Fsp3) is 0.444. The zero-order valence-corrected chi connectivity index (χ0v) is 14.3. The summed E-state index contributed by atoms with van der Waals surface area (Å²) < 4.78 is 6.88. The molecule has 0 atom stereocenters. The standard InChI is InChI=1S/C18H25N3O2/c1-5-6-17-13(2)20-21(14(17)3)16-9-7-15(8-10-16)18(22)19-11-12-23-4/h7-10H,5-6,11-12H2,1-4H3,(H,19,22). The molecule has 0 aliphatic rings. The molecular formula is C18H25N3O2. The second-order valence-corrected chi connectivity index (χ2v) is 5.61. The average molecular weight is 315 g/mol. The van der Waals surface area contributed by atoms with Gasteiger partial charge in [-0.25, -0.2) is 4.68 Å². The van der Waals surface area contributed by atoms with Crippen LogP contribution in [-0.2, 0) is 11.2 Å². The van der Waals surface area contributed by atoms with Crippen molar-refractivity contribution in [2.75, 3.05) is 20.3 Å². The van der Waals surface area contributed by atoms with Crippen molar-refractivity contribution in [2.45, 2.75) is 33.6 Å². The Morgan fingerprint density at radius 3 is 2.57 bits per heavy atom. The molecule has 5 heteroatoms. The zero-order valence-electron chi connectivity index (χ0n) is 14.3. The van der Waals surface area contributed by atoms with Crippen LogP contribution in [0.3, 0.4) is 0 Å². The summed E-state index contributed by atoms with van der Waals surface area (Å²) in [7, 11) is 1.61. The van der Waals surface area contributed by atoms with E-state index in [0.29, 0.717) is 18.7 Å². The van der Waals surface area contributed by atoms with E-state index in [1.54, 1.807) is 7.11 Å².